The van der Waals surface area contributed by atoms with Gasteiger partial charge in [0, 0.05) is 29.5 Å². The Kier molecular flexibility index (Phi) is 12.5. The molecule has 1 saturated heterocycles. The topological polar surface area (TPSA) is 140 Å². The second-order valence-corrected chi connectivity index (χ2v) is 14.2. The molecule has 1 aliphatic rings. The predicted octanol–water partition coefficient (Wildman–Crippen LogP) is 6.82. The van der Waals surface area contributed by atoms with Crippen molar-refractivity contribution in [1.82, 2.24) is 15.2 Å². The lowest BCUT2D eigenvalue weighted by molar-refractivity contribution is -0.138. The number of rotatable bonds is 12. The third kappa shape index (κ3) is 9.65. The van der Waals surface area contributed by atoms with Gasteiger partial charge in [-0.1, -0.05) is 57.5 Å². The molecule has 0 saturated carbocycles. The number of aliphatic carboxylic acids is 1. The van der Waals surface area contributed by atoms with E-state index in [0.717, 1.165) is 16.6 Å². The molecule has 1 fully saturated rings. The van der Waals surface area contributed by atoms with Gasteiger partial charge in [-0.2, -0.15) is 0 Å². The van der Waals surface area contributed by atoms with Gasteiger partial charge in [0.2, 0.25) is 5.91 Å². The van der Waals surface area contributed by atoms with Crippen molar-refractivity contribution in [3.05, 3.63) is 54.6 Å². The molecule has 49 heavy (non-hydrogen) atoms. The molecule has 0 spiro atoms. The molecule has 3 aromatic rings. The summed E-state index contributed by atoms with van der Waals surface area (Å²) in [6.07, 6.45) is 2.02. The average molecular weight is 693 g/mol. The van der Waals surface area contributed by atoms with Gasteiger partial charge in [0.05, 0.1) is 36.0 Å². The van der Waals surface area contributed by atoms with Gasteiger partial charge in [0.15, 0.2) is 0 Å². The van der Waals surface area contributed by atoms with Crippen LogP contribution in [0.5, 0.6) is 11.5 Å². The smallest absolute Gasteiger partial charge is 0.408 e. The number of carbonyl (C=O) groups excluding carboxylic acids is 2. The van der Waals surface area contributed by atoms with Crippen LogP contribution in [0.3, 0.4) is 0 Å². The lowest BCUT2D eigenvalue weighted by atomic mass is 10.0. The van der Waals surface area contributed by atoms with E-state index in [1.807, 2.05) is 81.6 Å². The maximum atomic E-state index is 14.4. The van der Waals surface area contributed by atoms with Gasteiger partial charge in [0.1, 0.15) is 35.3 Å². The first kappa shape index (κ1) is 37.5. The van der Waals surface area contributed by atoms with Crippen LogP contribution in [0.15, 0.2) is 59.6 Å². The monoisotopic (exact) mass is 692 g/mol. The number of pyridine rings is 1. The number of likely N-dealkylation sites (tertiary alicyclic amines) is 1. The molecule has 2 aromatic carbocycles. The fourth-order valence-corrected chi connectivity index (χ4v) is 6.50. The minimum absolute atomic E-state index is 0.189. The number of nitrogens with zero attached hydrogens (tertiary/aromatic N) is 3. The molecule has 1 aliphatic heterocycles. The van der Waals surface area contributed by atoms with Crippen molar-refractivity contribution in [1.29, 1.82) is 0 Å². The maximum Gasteiger partial charge on any atom is 0.408 e. The Hall–Kier alpha value is -4.32. The van der Waals surface area contributed by atoms with Crippen molar-refractivity contribution < 1.29 is 33.7 Å². The quantitative estimate of drug-likeness (QED) is 0.155. The summed E-state index contributed by atoms with van der Waals surface area (Å²) < 4.78 is 17.7. The number of amides is 2. The summed E-state index contributed by atoms with van der Waals surface area (Å²) in [6.45, 7) is 11.1. The number of nitrogens with one attached hydrogen (secondary N) is 1. The number of carbonyl (C=O) groups is 3. The zero-order valence-electron chi connectivity index (χ0n) is 29.6. The first-order chi connectivity index (χ1) is 23.2. The fraction of sp³-hybridized carbons (Fsp3) is 0.486. The largest absolute Gasteiger partial charge is 0.497 e. The summed E-state index contributed by atoms with van der Waals surface area (Å²) in [6, 6.07) is 14.9. The SMILES string of the molecule is CCC[C@H](/N=C(\SC)[C@@H]1CC(Oc2cc(-c3ccccc3)nc3cc(OC)ccc23)CN1C(=O)[C@@H](NC(=O)OC(C)(C)C)C(C)C)C(=O)O. The van der Waals surface area contributed by atoms with E-state index in [9.17, 15) is 19.5 Å². The molecule has 1 unspecified atom stereocenters. The van der Waals surface area contributed by atoms with Crippen molar-refractivity contribution in [2.75, 3.05) is 19.9 Å². The lowest BCUT2D eigenvalue weighted by Crippen LogP contribution is -2.54. The first-order valence-electron chi connectivity index (χ1n) is 16.6. The highest BCUT2D eigenvalue weighted by Crippen LogP contribution is 2.35. The van der Waals surface area contributed by atoms with Crippen LogP contribution < -0.4 is 14.8 Å². The van der Waals surface area contributed by atoms with E-state index in [2.05, 4.69) is 10.3 Å². The number of carboxylic acids is 1. The standard InChI is InChI=1S/C37H48N4O7S/c1-9-13-27(35(43)44)39-33(49-8)30-19-25(21-41(30)34(42)32(22(2)3)40-36(45)48-37(4,5)6)47-31-20-28(23-14-11-10-12-15-23)38-29-18-24(46-7)16-17-26(29)31/h10-12,14-18,20,22,25,27,30,32H,9,13,19,21H2,1-8H3,(H,40,45)(H,43,44)/b39-33-/t25?,27-,30-,32-/m0/s1. The molecule has 1 aromatic heterocycles. The van der Waals surface area contributed by atoms with Gasteiger partial charge >= 0.3 is 12.1 Å². The van der Waals surface area contributed by atoms with Gasteiger partial charge in [-0.3, -0.25) is 9.79 Å². The Bertz CT molecular complexity index is 1660. The van der Waals surface area contributed by atoms with Gasteiger partial charge in [-0.05, 0) is 51.5 Å². The number of alkyl carbamates (subject to hydrolysis) is 1. The molecule has 2 amide bonds. The number of hydrogen-bond donors (Lipinski definition) is 2. The Morgan fingerprint density at radius 3 is 2.43 bits per heavy atom. The third-order valence-corrected chi connectivity index (χ3v) is 8.91. The number of methoxy groups -OCH3 is 1. The van der Waals surface area contributed by atoms with Crippen LogP contribution in [-0.4, -0.2) is 87.7 Å². The summed E-state index contributed by atoms with van der Waals surface area (Å²) in [5, 5.41) is 14.0. The van der Waals surface area contributed by atoms with Crippen molar-refractivity contribution in [2.45, 2.75) is 90.6 Å². The number of aromatic nitrogens is 1. The van der Waals surface area contributed by atoms with Gasteiger partial charge < -0.3 is 29.5 Å². The Morgan fingerprint density at radius 1 is 1.12 bits per heavy atom. The van der Waals surface area contributed by atoms with E-state index < -0.39 is 41.9 Å². The number of fused-ring (bicyclic) bond motifs is 1. The molecular formula is C37H48N4O7S. The molecule has 2 heterocycles. The van der Waals surface area contributed by atoms with Crippen LogP contribution in [-0.2, 0) is 14.3 Å². The van der Waals surface area contributed by atoms with Crippen LogP contribution in [0.4, 0.5) is 4.79 Å². The highest BCUT2D eigenvalue weighted by molar-refractivity contribution is 8.13. The highest BCUT2D eigenvalue weighted by atomic mass is 32.2. The van der Waals surface area contributed by atoms with E-state index in [0.29, 0.717) is 41.3 Å². The van der Waals surface area contributed by atoms with E-state index in [1.165, 1.54) is 11.8 Å². The fourth-order valence-electron chi connectivity index (χ4n) is 5.77. The Morgan fingerprint density at radius 2 is 1.84 bits per heavy atom. The highest BCUT2D eigenvalue weighted by Gasteiger charge is 2.43. The zero-order valence-corrected chi connectivity index (χ0v) is 30.4. The van der Waals surface area contributed by atoms with Gasteiger partial charge in [0.25, 0.3) is 0 Å². The molecule has 2 N–H and O–H groups in total. The molecule has 264 valence electrons. The molecule has 0 radical (unpaired) electrons. The van der Waals surface area contributed by atoms with E-state index >= 15 is 0 Å². The third-order valence-electron chi connectivity index (χ3n) is 8.12. The predicted molar refractivity (Wildman–Crippen MR) is 194 cm³/mol. The molecule has 0 aliphatic carbocycles. The minimum atomic E-state index is -1.02. The molecule has 4 atom stereocenters. The van der Waals surface area contributed by atoms with Crippen LogP contribution in [0.1, 0.15) is 60.8 Å². The number of aliphatic imine (C=N–C) groups is 1. The molecule has 11 nitrogen and oxygen atoms in total. The van der Waals surface area contributed by atoms with Gasteiger partial charge in [-0.25, -0.2) is 14.6 Å². The zero-order chi connectivity index (χ0) is 35.9. The minimum Gasteiger partial charge on any atom is -0.497 e. The van der Waals surface area contributed by atoms with Crippen LogP contribution >= 0.6 is 11.8 Å². The number of hydrogen-bond acceptors (Lipinski definition) is 9. The summed E-state index contributed by atoms with van der Waals surface area (Å²) in [4.78, 5) is 50.6. The average Bonchev–Trinajstić information content (AvgIpc) is 3.47. The molecule has 4 rings (SSSR count). The van der Waals surface area contributed by atoms with Crippen molar-refractivity contribution in [3.8, 4) is 22.8 Å². The normalized spacial score (nSPS) is 17.9. The lowest BCUT2D eigenvalue weighted by Gasteiger charge is -2.32. The van der Waals surface area contributed by atoms with E-state index in [-0.39, 0.29) is 18.4 Å². The molecule has 0 bridgehead atoms. The molecular weight excluding hydrogens is 644 g/mol. The summed E-state index contributed by atoms with van der Waals surface area (Å²) >= 11 is 1.32. The number of benzene rings is 2. The van der Waals surface area contributed by atoms with Crippen molar-refractivity contribution in [3.63, 3.8) is 0 Å². The van der Waals surface area contributed by atoms with E-state index in [4.69, 9.17) is 19.2 Å². The summed E-state index contributed by atoms with van der Waals surface area (Å²) in [5.41, 5.74) is 1.58. The van der Waals surface area contributed by atoms with Gasteiger partial charge in [-0.15, -0.1) is 11.8 Å². The Balaban J connectivity index is 1.75. The maximum absolute atomic E-state index is 14.4. The summed E-state index contributed by atoms with van der Waals surface area (Å²) in [5.74, 6) is -0.359. The van der Waals surface area contributed by atoms with Crippen molar-refractivity contribution in [2.24, 2.45) is 10.9 Å². The number of thioether (sulfide) groups is 1. The second-order valence-electron chi connectivity index (χ2n) is 13.4. The number of ether oxygens (including phenoxy) is 3. The van der Waals surface area contributed by atoms with Crippen molar-refractivity contribution >= 4 is 45.7 Å². The van der Waals surface area contributed by atoms with Crippen LogP contribution in [0, 0.1) is 5.92 Å². The van der Waals surface area contributed by atoms with Crippen LogP contribution in [0.2, 0.25) is 0 Å². The molecule has 12 heteroatoms. The number of carboxylic acid groups (broad SMARTS) is 1. The first-order valence-corrected chi connectivity index (χ1v) is 17.8. The van der Waals surface area contributed by atoms with E-state index in [1.54, 1.807) is 32.8 Å². The van der Waals surface area contributed by atoms with Crippen LogP contribution in [0.25, 0.3) is 22.2 Å². The Labute approximate surface area is 292 Å². The second kappa shape index (κ2) is 16.4. The summed E-state index contributed by atoms with van der Waals surface area (Å²) in [7, 11) is 1.60.